The SMILES string of the molecule is c1ccc(-c2nc3ccc(-c4cc(-c5ccc(-c6ccc7c(c6)C6(c8ccccc8Oc8ccccc86)c6ccccc6-7)cc5)cc(-c5ccc6nc(-c7ccccc7)oc6c5)c4)cc3o2)cc1. The first-order valence-electron chi connectivity index (χ1n) is 22.9. The van der Waals surface area contributed by atoms with Gasteiger partial charge in [0.15, 0.2) is 11.2 Å². The summed E-state index contributed by atoms with van der Waals surface area (Å²) in [5, 5.41) is 0. The van der Waals surface area contributed by atoms with Gasteiger partial charge in [0.25, 0.3) is 0 Å². The summed E-state index contributed by atoms with van der Waals surface area (Å²) in [6.07, 6.45) is 0. The molecular formula is C63H38N2O3. The van der Waals surface area contributed by atoms with Crippen LogP contribution in [-0.2, 0) is 5.41 Å². The highest BCUT2D eigenvalue weighted by Crippen LogP contribution is 2.62. The number of fused-ring (bicyclic) bond motifs is 11. The predicted octanol–water partition coefficient (Wildman–Crippen LogP) is 16.4. The van der Waals surface area contributed by atoms with Gasteiger partial charge in [0.05, 0.1) is 5.41 Å². The monoisotopic (exact) mass is 870 g/mol. The van der Waals surface area contributed by atoms with E-state index in [1.165, 1.54) is 22.3 Å². The minimum absolute atomic E-state index is 0.528. The molecule has 14 rings (SSSR count). The van der Waals surface area contributed by atoms with Crippen LogP contribution in [0.1, 0.15) is 22.3 Å². The summed E-state index contributed by atoms with van der Waals surface area (Å²) >= 11 is 0. The smallest absolute Gasteiger partial charge is 0.227 e. The van der Waals surface area contributed by atoms with E-state index in [1.807, 2.05) is 72.8 Å². The molecule has 318 valence electrons. The van der Waals surface area contributed by atoms with E-state index in [0.717, 1.165) is 100 Å². The van der Waals surface area contributed by atoms with E-state index in [0.29, 0.717) is 11.8 Å². The fourth-order valence-corrected chi connectivity index (χ4v) is 10.6. The largest absolute Gasteiger partial charge is 0.457 e. The normalized spacial score (nSPS) is 12.9. The van der Waals surface area contributed by atoms with Gasteiger partial charge in [-0.1, -0.05) is 146 Å². The van der Waals surface area contributed by atoms with Gasteiger partial charge in [0.2, 0.25) is 11.8 Å². The summed E-state index contributed by atoms with van der Waals surface area (Å²) in [6.45, 7) is 0. The van der Waals surface area contributed by atoms with Gasteiger partial charge in [-0.05, 0) is 152 Å². The van der Waals surface area contributed by atoms with Crippen LogP contribution in [0.3, 0.4) is 0 Å². The van der Waals surface area contributed by atoms with Crippen LogP contribution in [0.4, 0.5) is 0 Å². The highest BCUT2D eigenvalue weighted by molar-refractivity contribution is 5.92. The van der Waals surface area contributed by atoms with Crippen LogP contribution in [-0.4, -0.2) is 9.97 Å². The Kier molecular flexibility index (Phi) is 8.43. The molecule has 0 unspecified atom stereocenters. The molecule has 2 aromatic heterocycles. The average molecular weight is 871 g/mol. The highest BCUT2D eigenvalue weighted by atomic mass is 16.5. The number of ether oxygens (including phenoxy) is 1. The molecule has 0 N–H and O–H groups in total. The minimum Gasteiger partial charge on any atom is -0.457 e. The number of rotatable bonds is 6. The van der Waals surface area contributed by atoms with Crippen molar-refractivity contribution in [2.24, 2.45) is 0 Å². The van der Waals surface area contributed by atoms with Crippen molar-refractivity contribution in [3.05, 3.63) is 253 Å². The Bertz CT molecular complexity index is 3760. The van der Waals surface area contributed by atoms with E-state index in [2.05, 4.69) is 158 Å². The molecule has 0 radical (unpaired) electrons. The molecule has 68 heavy (non-hydrogen) atoms. The van der Waals surface area contributed by atoms with Gasteiger partial charge >= 0.3 is 0 Å². The summed E-state index contributed by atoms with van der Waals surface area (Å²) in [6, 6.07) is 81.3. The third-order valence-electron chi connectivity index (χ3n) is 13.8. The van der Waals surface area contributed by atoms with Crippen LogP contribution in [0.5, 0.6) is 11.5 Å². The molecule has 0 fully saturated rings. The van der Waals surface area contributed by atoms with Gasteiger partial charge in [-0.2, -0.15) is 0 Å². The third-order valence-corrected chi connectivity index (χ3v) is 13.8. The van der Waals surface area contributed by atoms with E-state index < -0.39 is 5.41 Å². The summed E-state index contributed by atoms with van der Waals surface area (Å²) in [5.41, 5.74) is 20.5. The van der Waals surface area contributed by atoms with Crippen molar-refractivity contribution in [3.8, 4) is 90.0 Å². The van der Waals surface area contributed by atoms with Crippen LogP contribution < -0.4 is 4.74 Å². The van der Waals surface area contributed by atoms with Crippen LogP contribution in [0.15, 0.2) is 239 Å². The van der Waals surface area contributed by atoms with Gasteiger partial charge in [-0.25, -0.2) is 9.97 Å². The lowest BCUT2D eigenvalue weighted by Gasteiger charge is -2.39. The first-order chi connectivity index (χ1) is 33.6. The van der Waals surface area contributed by atoms with Gasteiger partial charge in [0, 0.05) is 22.3 Å². The zero-order valence-corrected chi connectivity index (χ0v) is 36.6. The molecule has 12 aromatic rings. The first-order valence-corrected chi connectivity index (χ1v) is 22.9. The van der Waals surface area contributed by atoms with E-state index >= 15 is 0 Å². The number of aromatic nitrogens is 2. The number of nitrogens with zero attached hydrogens (tertiary/aromatic N) is 2. The molecule has 0 bridgehead atoms. The van der Waals surface area contributed by atoms with Gasteiger partial charge in [-0.15, -0.1) is 0 Å². The quantitative estimate of drug-likeness (QED) is 0.167. The molecule has 0 saturated heterocycles. The molecule has 0 atom stereocenters. The Balaban J connectivity index is 0.883. The van der Waals surface area contributed by atoms with Crippen molar-refractivity contribution in [2.45, 2.75) is 5.41 Å². The second-order valence-electron chi connectivity index (χ2n) is 17.7. The summed E-state index contributed by atoms with van der Waals surface area (Å²) < 4.78 is 19.3. The molecule has 5 heteroatoms. The van der Waals surface area contributed by atoms with E-state index in [-0.39, 0.29) is 0 Å². The maximum atomic E-state index is 6.60. The first kappa shape index (κ1) is 38.2. The molecule has 1 aliphatic carbocycles. The summed E-state index contributed by atoms with van der Waals surface area (Å²) in [5.74, 6) is 2.99. The fourth-order valence-electron chi connectivity index (χ4n) is 10.6. The number of hydrogen-bond acceptors (Lipinski definition) is 5. The number of para-hydroxylation sites is 2. The van der Waals surface area contributed by atoms with E-state index in [9.17, 15) is 0 Å². The van der Waals surface area contributed by atoms with Crippen LogP contribution in [0.25, 0.3) is 101 Å². The Morgan fingerprint density at radius 3 is 1.25 bits per heavy atom. The Hall–Kier alpha value is -9.06. The van der Waals surface area contributed by atoms with Crippen LogP contribution >= 0.6 is 0 Å². The zero-order valence-electron chi connectivity index (χ0n) is 36.6. The Morgan fingerprint density at radius 1 is 0.279 bits per heavy atom. The second-order valence-corrected chi connectivity index (χ2v) is 17.7. The summed E-state index contributed by atoms with van der Waals surface area (Å²) in [4.78, 5) is 9.64. The lowest BCUT2D eigenvalue weighted by atomic mass is 9.66. The third kappa shape index (κ3) is 5.96. The molecule has 0 amide bonds. The van der Waals surface area contributed by atoms with Crippen molar-refractivity contribution in [1.29, 1.82) is 0 Å². The van der Waals surface area contributed by atoms with Crippen LogP contribution in [0, 0.1) is 0 Å². The molecule has 5 nitrogen and oxygen atoms in total. The predicted molar refractivity (Wildman–Crippen MR) is 272 cm³/mol. The molecule has 10 aromatic carbocycles. The zero-order chi connectivity index (χ0) is 44.8. The van der Waals surface area contributed by atoms with Crippen molar-refractivity contribution in [1.82, 2.24) is 9.97 Å². The van der Waals surface area contributed by atoms with E-state index in [4.69, 9.17) is 23.5 Å². The highest BCUT2D eigenvalue weighted by Gasteiger charge is 2.51. The number of oxazole rings is 2. The molecule has 3 heterocycles. The van der Waals surface area contributed by atoms with Crippen molar-refractivity contribution in [2.75, 3.05) is 0 Å². The lowest BCUT2D eigenvalue weighted by molar-refractivity contribution is 0.436. The fraction of sp³-hybridized carbons (Fsp3) is 0.0159. The Morgan fingerprint density at radius 2 is 0.691 bits per heavy atom. The number of benzene rings is 10. The van der Waals surface area contributed by atoms with Crippen molar-refractivity contribution >= 4 is 22.2 Å². The molecule has 1 spiro atoms. The Labute approximate surface area is 392 Å². The van der Waals surface area contributed by atoms with Gasteiger partial charge < -0.3 is 13.6 Å². The topological polar surface area (TPSA) is 61.3 Å². The maximum absolute atomic E-state index is 6.60. The molecule has 1 aliphatic heterocycles. The standard InChI is InChI=1S/C63H38N2O3/c1-3-13-41(14-4-1)61-64-55-31-28-44(37-59(55)67-61)47-33-46(34-48(35-47)45-29-32-56-60(38-45)68-62(65-56)42-15-5-2-6-16-42)40-25-23-39(24-26-40)43-27-30-50-49-17-7-8-18-51(49)63(54(50)36-43)52-19-9-11-21-57(52)66-58-22-12-10-20-53(58)63/h1-38H. The molecular weight excluding hydrogens is 833 g/mol. The van der Waals surface area contributed by atoms with Crippen molar-refractivity contribution < 1.29 is 13.6 Å². The lowest BCUT2D eigenvalue weighted by Crippen LogP contribution is -2.32. The van der Waals surface area contributed by atoms with Crippen LogP contribution in [0.2, 0.25) is 0 Å². The van der Waals surface area contributed by atoms with Crippen molar-refractivity contribution in [3.63, 3.8) is 0 Å². The molecule has 2 aliphatic rings. The number of hydrogen-bond donors (Lipinski definition) is 0. The average Bonchev–Trinajstić information content (AvgIpc) is 4.12. The van der Waals surface area contributed by atoms with Gasteiger partial charge in [0.1, 0.15) is 22.5 Å². The molecule has 0 saturated carbocycles. The van der Waals surface area contributed by atoms with E-state index in [1.54, 1.807) is 0 Å². The maximum Gasteiger partial charge on any atom is 0.227 e. The summed E-state index contributed by atoms with van der Waals surface area (Å²) in [7, 11) is 0. The van der Waals surface area contributed by atoms with Gasteiger partial charge in [-0.3, -0.25) is 0 Å². The minimum atomic E-state index is -0.528. The second kappa shape index (κ2) is 15.0.